The lowest BCUT2D eigenvalue weighted by Gasteiger charge is -2.22. The van der Waals surface area contributed by atoms with Crippen molar-refractivity contribution in [1.29, 1.82) is 0 Å². The van der Waals surface area contributed by atoms with Crippen molar-refractivity contribution in [2.75, 3.05) is 13.6 Å². The number of halogens is 1. The molecule has 4 nitrogen and oxygen atoms in total. The molecular formula is C16H23FN2O2. The van der Waals surface area contributed by atoms with Crippen LogP contribution in [0.1, 0.15) is 32.8 Å². The molecule has 1 fully saturated rings. The summed E-state index contributed by atoms with van der Waals surface area (Å²) in [4.78, 5) is 13.5. The molecule has 0 spiro atoms. The minimum absolute atomic E-state index is 0.0764. The fourth-order valence-corrected chi connectivity index (χ4v) is 2.23. The summed E-state index contributed by atoms with van der Waals surface area (Å²) in [5.41, 5.74) is 0.653. The number of nitrogens with one attached hydrogen (secondary N) is 1. The molecule has 1 unspecified atom stereocenters. The summed E-state index contributed by atoms with van der Waals surface area (Å²) >= 11 is 0. The van der Waals surface area contributed by atoms with Gasteiger partial charge in [0.2, 0.25) is 0 Å². The molecule has 1 saturated heterocycles. The van der Waals surface area contributed by atoms with Crippen molar-refractivity contribution in [3.8, 4) is 5.75 Å². The molecule has 0 bridgehead atoms. The molecule has 1 aliphatic heterocycles. The molecule has 0 radical (unpaired) electrons. The molecule has 1 aliphatic rings. The summed E-state index contributed by atoms with van der Waals surface area (Å²) in [7, 11) is 1.73. The molecule has 1 heterocycles. The van der Waals surface area contributed by atoms with E-state index in [9.17, 15) is 9.18 Å². The zero-order valence-electron chi connectivity index (χ0n) is 13.1. The third kappa shape index (κ3) is 3.94. The van der Waals surface area contributed by atoms with Gasteiger partial charge >= 0.3 is 0 Å². The van der Waals surface area contributed by atoms with Crippen molar-refractivity contribution in [1.82, 2.24) is 10.2 Å². The number of carbonyl (C=O) groups is 1. The molecule has 116 valence electrons. The van der Waals surface area contributed by atoms with Crippen LogP contribution < -0.4 is 10.1 Å². The van der Waals surface area contributed by atoms with Crippen molar-refractivity contribution in [3.63, 3.8) is 0 Å². The predicted molar refractivity (Wildman–Crippen MR) is 79.7 cm³/mol. The minimum Gasteiger partial charge on any atom is -0.477 e. The average Bonchev–Trinajstić information content (AvgIpc) is 2.70. The van der Waals surface area contributed by atoms with E-state index in [1.54, 1.807) is 18.0 Å². The van der Waals surface area contributed by atoms with E-state index >= 15 is 0 Å². The molecule has 1 aromatic carbocycles. The maximum absolute atomic E-state index is 14.1. The van der Waals surface area contributed by atoms with E-state index in [-0.39, 0.29) is 17.2 Å². The molecule has 5 heteroatoms. The van der Waals surface area contributed by atoms with Gasteiger partial charge in [-0.25, -0.2) is 4.39 Å². The Bertz CT molecular complexity index is 525. The normalized spacial score (nSPS) is 19.2. The number of carbonyl (C=O) groups excluding carboxylic acids is 1. The van der Waals surface area contributed by atoms with Crippen LogP contribution in [0.2, 0.25) is 0 Å². The van der Waals surface area contributed by atoms with Gasteiger partial charge in [-0.15, -0.1) is 0 Å². The van der Waals surface area contributed by atoms with E-state index < -0.39 is 11.9 Å². The Labute approximate surface area is 125 Å². The van der Waals surface area contributed by atoms with Crippen LogP contribution in [-0.2, 0) is 11.3 Å². The van der Waals surface area contributed by atoms with Gasteiger partial charge in [0, 0.05) is 37.7 Å². The first kappa shape index (κ1) is 15.8. The smallest absolute Gasteiger partial charge is 0.263 e. The molecule has 1 atom stereocenters. The fourth-order valence-electron chi connectivity index (χ4n) is 2.23. The van der Waals surface area contributed by atoms with Crippen LogP contribution in [0.15, 0.2) is 18.2 Å². The lowest BCUT2D eigenvalue weighted by atomic mass is 10.1. The zero-order valence-corrected chi connectivity index (χ0v) is 13.1. The number of benzene rings is 1. The van der Waals surface area contributed by atoms with Crippen LogP contribution >= 0.6 is 0 Å². The minimum atomic E-state index is -0.583. The fraction of sp³-hybridized carbons (Fsp3) is 0.562. The largest absolute Gasteiger partial charge is 0.477 e. The van der Waals surface area contributed by atoms with E-state index in [4.69, 9.17) is 4.74 Å². The molecule has 1 amide bonds. The number of para-hydroxylation sites is 1. The number of hydrogen-bond acceptors (Lipinski definition) is 3. The van der Waals surface area contributed by atoms with Crippen LogP contribution in [0.3, 0.4) is 0 Å². The third-order valence-electron chi connectivity index (χ3n) is 3.50. The third-order valence-corrected chi connectivity index (χ3v) is 3.50. The molecule has 2 rings (SSSR count). The maximum atomic E-state index is 14.1. The Morgan fingerprint density at radius 3 is 2.71 bits per heavy atom. The average molecular weight is 294 g/mol. The predicted octanol–water partition coefficient (Wildman–Crippen LogP) is 2.32. The van der Waals surface area contributed by atoms with E-state index in [2.05, 4.69) is 5.32 Å². The maximum Gasteiger partial charge on any atom is 0.263 e. The molecule has 1 aromatic rings. The highest BCUT2D eigenvalue weighted by Gasteiger charge is 2.32. The summed E-state index contributed by atoms with van der Waals surface area (Å²) in [6, 6.07) is 4.84. The Morgan fingerprint density at radius 1 is 1.43 bits per heavy atom. The number of hydrogen-bond donors (Lipinski definition) is 1. The molecular weight excluding hydrogens is 271 g/mol. The summed E-state index contributed by atoms with van der Waals surface area (Å²) in [6.45, 7) is 7.27. The van der Waals surface area contributed by atoms with E-state index in [0.29, 0.717) is 19.5 Å². The summed E-state index contributed by atoms with van der Waals surface area (Å²) < 4.78 is 19.7. The quantitative estimate of drug-likeness (QED) is 0.926. The van der Waals surface area contributed by atoms with Gasteiger partial charge in [-0.2, -0.15) is 0 Å². The highest BCUT2D eigenvalue weighted by atomic mass is 19.1. The Balaban J connectivity index is 2.16. The van der Waals surface area contributed by atoms with Gasteiger partial charge in [-0.05, 0) is 26.8 Å². The molecule has 0 saturated carbocycles. The first-order valence-electron chi connectivity index (χ1n) is 7.22. The van der Waals surface area contributed by atoms with Gasteiger partial charge in [0.25, 0.3) is 5.91 Å². The van der Waals surface area contributed by atoms with Crippen LogP contribution in [-0.4, -0.2) is 36.0 Å². The first-order valence-corrected chi connectivity index (χ1v) is 7.22. The van der Waals surface area contributed by atoms with E-state index in [1.165, 1.54) is 6.07 Å². The number of amides is 1. The molecule has 0 aliphatic carbocycles. The van der Waals surface area contributed by atoms with Gasteiger partial charge in [0.15, 0.2) is 17.7 Å². The monoisotopic (exact) mass is 294 g/mol. The van der Waals surface area contributed by atoms with Gasteiger partial charge < -0.3 is 15.0 Å². The van der Waals surface area contributed by atoms with Crippen molar-refractivity contribution < 1.29 is 13.9 Å². The Kier molecular flexibility index (Phi) is 4.52. The highest BCUT2D eigenvalue weighted by Crippen LogP contribution is 2.26. The molecule has 1 N–H and O–H groups in total. The van der Waals surface area contributed by atoms with Gasteiger partial charge in [0.1, 0.15) is 0 Å². The number of nitrogens with zero attached hydrogens (tertiary/aromatic N) is 1. The number of likely N-dealkylation sites (tertiary alicyclic amines) is 1. The van der Waals surface area contributed by atoms with Crippen molar-refractivity contribution >= 4 is 5.91 Å². The number of rotatable bonds is 4. The van der Waals surface area contributed by atoms with Crippen LogP contribution in [0.4, 0.5) is 4.39 Å². The SMILES string of the molecule is CN1CCC(Oc2c(F)cccc2CNC(C)(C)C)C1=O. The van der Waals surface area contributed by atoms with Gasteiger partial charge in [-0.3, -0.25) is 4.79 Å². The van der Waals surface area contributed by atoms with Gasteiger partial charge in [0.05, 0.1) is 0 Å². The van der Waals surface area contributed by atoms with Crippen molar-refractivity contribution in [2.45, 2.75) is 45.4 Å². The summed E-state index contributed by atoms with van der Waals surface area (Å²) in [5.74, 6) is -0.332. The van der Waals surface area contributed by atoms with Crippen LogP contribution in [0, 0.1) is 5.82 Å². The van der Waals surface area contributed by atoms with Crippen molar-refractivity contribution in [2.24, 2.45) is 0 Å². The van der Waals surface area contributed by atoms with Crippen LogP contribution in [0.5, 0.6) is 5.75 Å². The van der Waals surface area contributed by atoms with E-state index in [1.807, 2.05) is 26.8 Å². The van der Waals surface area contributed by atoms with E-state index in [0.717, 1.165) is 5.56 Å². The second-order valence-corrected chi connectivity index (χ2v) is 6.49. The van der Waals surface area contributed by atoms with Gasteiger partial charge in [-0.1, -0.05) is 12.1 Å². The standard InChI is InChI=1S/C16H23FN2O2/c1-16(2,3)18-10-11-6-5-7-12(17)14(11)21-13-8-9-19(4)15(13)20/h5-7,13,18H,8-10H2,1-4H3. The Morgan fingerprint density at radius 2 is 2.14 bits per heavy atom. The summed E-state index contributed by atoms with van der Waals surface area (Å²) in [6.07, 6.45) is 0.00999. The number of ether oxygens (including phenoxy) is 1. The topological polar surface area (TPSA) is 41.6 Å². The lowest BCUT2D eigenvalue weighted by molar-refractivity contribution is -0.132. The van der Waals surface area contributed by atoms with Crippen LogP contribution in [0.25, 0.3) is 0 Å². The summed E-state index contributed by atoms with van der Waals surface area (Å²) in [5, 5.41) is 3.31. The zero-order chi connectivity index (χ0) is 15.6. The highest BCUT2D eigenvalue weighted by molar-refractivity contribution is 5.83. The Hall–Kier alpha value is -1.62. The second kappa shape index (κ2) is 6.02. The van der Waals surface area contributed by atoms with Crippen molar-refractivity contribution in [3.05, 3.63) is 29.6 Å². The molecule has 21 heavy (non-hydrogen) atoms. The lowest BCUT2D eigenvalue weighted by Crippen LogP contribution is -2.35. The second-order valence-electron chi connectivity index (χ2n) is 6.49. The first-order chi connectivity index (χ1) is 9.78. The number of likely N-dealkylation sites (N-methyl/N-ethyl adjacent to an activating group) is 1. The molecule has 0 aromatic heterocycles.